The summed E-state index contributed by atoms with van der Waals surface area (Å²) >= 11 is 0. The van der Waals surface area contributed by atoms with Gasteiger partial charge in [-0.05, 0) is 57.0 Å². The number of aromatic amines is 1. The summed E-state index contributed by atoms with van der Waals surface area (Å²) < 4.78 is 13.5. The van der Waals surface area contributed by atoms with Gasteiger partial charge in [0.05, 0.1) is 0 Å². The van der Waals surface area contributed by atoms with Gasteiger partial charge in [0.25, 0.3) is 5.91 Å². The van der Waals surface area contributed by atoms with Crippen molar-refractivity contribution in [3.05, 3.63) is 58.6 Å². The minimum atomic E-state index is -0.299. The Morgan fingerprint density at radius 2 is 1.92 bits per heavy atom. The number of aromatic nitrogens is 3. The molecule has 0 radical (unpaired) electrons. The Bertz CT molecular complexity index is 990. The van der Waals surface area contributed by atoms with Gasteiger partial charge in [0, 0.05) is 41.3 Å². The predicted molar refractivity (Wildman–Crippen MR) is 97.8 cm³/mol. The highest BCUT2D eigenvalue weighted by Gasteiger charge is 2.31. The van der Waals surface area contributed by atoms with E-state index in [9.17, 15) is 9.18 Å². The second kappa shape index (κ2) is 6.20. The number of likely N-dealkylation sites (tertiary alicyclic amines) is 1. The first-order valence-electron chi connectivity index (χ1n) is 8.81. The van der Waals surface area contributed by atoms with E-state index >= 15 is 0 Å². The van der Waals surface area contributed by atoms with E-state index in [4.69, 9.17) is 0 Å². The number of nitrogens with one attached hydrogen (secondary N) is 1. The molecular formula is C20H21FN4O. The number of halogens is 1. The second-order valence-corrected chi connectivity index (χ2v) is 7.06. The average Bonchev–Trinajstić information content (AvgIpc) is 3.19. The third kappa shape index (κ3) is 2.85. The third-order valence-corrected chi connectivity index (χ3v) is 5.07. The average molecular weight is 352 g/mol. The van der Waals surface area contributed by atoms with Crippen LogP contribution in [0.25, 0.3) is 10.9 Å². The highest BCUT2D eigenvalue weighted by molar-refractivity contribution is 6.01. The zero-order chi connectivity index (χ0) is 18.4. The molecule has 1 N–H and O–H groups in total. The summed E-state index contributed by atoms with van der Waals surface area (Å²) in [5, 5.41) is 0.752. The van der Waals surface area contributed by atoms with Crippen molar-refractivity contribution in [1.82, 2.24) is 19.9 Å². The molecule has 3 heterocycles. The summed E-state index contributed by atoms with van der Waals surface area (Å²) in [6.07, 6.45) is 0.850. The zero-order valence-electron chi connectivity index (χ0n) is 15.1. The van der Waals surface area contributed by atoms with E-state index in [2.05, 4.69) is 15.0 Å². The number of H-pyrrole nitrogens is 1. The standard InChI is InChI=1S/C20H21FN4O/c1-11-8-12(2)23-19(22-11)14-6-7-25(10-14)20(26)18-13(3)16-9-15(21)4-5-17(16)24-18/h4-5,8-9,14,24H,6-7,10H2,1-3H3. The Hall–Kier alpha value is -2.76. The van der Waals surface area contributed by atoms with Crippen LogP contribution < -0.4 is 0 Å². The van der Waals surface area contributed by atoms with Gasteiger partial charge >= 0.3 is 0 Å². The normalized spacial score (nSPS) is 17.2. The molecule has 1 atom stereocenters. The van der Waals surface area contributed by atoms with Gasteiger partial charge in [0.1, 0.15) is 17.3 Å². The molecule has 1 fully saturated rings. The van der Waals surface area contributed by atoms with Crippen LogP contribution in [0.4, 0.5) is 4.39 Å². The summed E-state index contributed by atoms with van der Waals surface area (Å²) in [6, 6.07) is 6.49. The van der Waals surface area contributed by atoms with E-state index in [-0.39, 0.29) is 17.6 Å². The van der Waals surface area contributed by atoms with Gasteiger partial charge in [-0.25, -0.2) is 14.4 Å². The first-order valence-corrected chi connectivity index (χ1v) is 8.81. The highest BCUT2D eigenvalue weighted by Crippen LogP contribution is 2.29. The van der Waals surface area contributed by atoms with Crippen LogP contribution in [0.5, 0.6) is 0 Å². The molecule has 3 aromatic rings. The number of hydrogen-bond donors (Lipinski definition) is 1. The lowest BCUT2D eigenvalue weighted by atomic mass is 10.1. The van der Waals surface area contributed by atoms with Crippen LogP contribution in [0.3, 0.4) is 0 Å². The number of rotatable bonds is 2. The Labute approximate surface area is 151 Å². The van der Waals surface area contributed by atoms with Gasteiger partial charge in [-0.15, -0.1) is 0 Å². The van der Waals surface area contributed by atoms with E-state index in [1.165, 1.54) is 12.1 Å². The maximum Gasteiger partial charge on any atom is 0.270 e. The first kappa shape index (κ1) is 16.7. The van der Waals surface area contributed by atoms with Gasteiger partial charge in [-0.2, -0.15) is 0 Å². The lowest BCUT2D eigenvalue weighted by molar-refractivity contribution is 0.0785. The molecule has 4 rings (SSSR count). The Balaban J connectivity index is 1.59. The number of hydrogen-bond acceptors (Lipinski definition) is 3. The van der Waals surface area contributed by atoms with Gasteiger partial charge in [0.2, 0.25) is 0 Å². The van der Waals surface area contributed by atoms with Crippen LogP contribution in [0.1, 0.15) is 45.6 Å². The van der Waals surface area contributed by atoms with Crippen LogP contribution in [0.2, 0.25) is 0 Å². The highest BCUT2D eigenvalue weighted by atomic mass is 19.1. The molecule has 0 bridgehead atoms. The fraction of sp³-hybridized carbons (Fsp3) is 0.350. The molecule has 1 saturated heterocycles. The summed E-state index contributed by atoms with van der Waals surface area (Å²) in [5.41, 5.74) is 4.00. The lowest BCUT2D eigenvalue weighted by Crippen LogP contribution is -2.29. The number of nitrogens with zero attached hydrogens (tertiary/aromatic N) is 3. The van der Waals surface area contributed by atoms with E-state index in [1.807, 2.05) is 31.7 Å². The smallest absolute Gasteiger partial charge is 0.270 e. The maximum absolute atomic E-state index is 13.5. The number of carbonyl (C=O) groups is 1. The predicted octanol–water partition coefficient (Wildman–Crippen LogP) is 3.65. The van der Waals surface area contributed by atoms with E-state index in [0.717, 1.165) is 40.1 Å². The summed E-state index contributed by atoms with van der Waals surface area (Å²) in [5.74, 6) is 0.616. The topological polar surface area (TPSA) is 61.9 Å². The van der Waals surface area contributed by atoms with E-state index in [1.54, 1.807) is 6.07 Å². The molecule has 0 spiro atoms. The molecule has 5 nitrogen and oxygen atoms in total. The fourth-order valence-electron chi connectivity index (χ4n) is 3.76. The van der Waals surface area contributed by atoms with Crippen LogP contribution >= 0.6 is 0 Å². The fourth-order valence-corrected chi connectivity index (χ4v) is 3.76. The second-order valence-electron chi connectivity index (χ2n) is 7.06. The lowest BCUT2D eigenvalue weighted by Gasteiger charge is -2.16. The van der Waals surface area contributed by atoms with Gasteiger partial charge in [0.15, 0.2) is 0 Å². The van der Waals surface area contributed by atoms with Crippen molar-refractivity contribution < 1.29 is 9.18 Å². The third-order valence-electron chi connectivity index (χ3n) is 5.07. The molecule has 2 aromatic heterocycles. The van der Waals surface area contributed by atoms with Crippen molar-refractivity contribution in [3.63, 3.8) is 0 Å². The quantitative estimate of drug-likeness (QED) is 0.766. The van der Waals surface area contributed by atoms with Gasteiger partial charge in [-0.1, -0.05) is 0 Å². The van der Waals surface area contributed by atoms with Crippen molar-refractivity contribution in [2.75, 3.05) is 13.1 Å². The number of fused-ring (bicyclic) bond motifs is 1. The Morgan fingerprint density at radius 1 is 1.19 bits per heavy atom. The van der Waals surface area contributed by atoms with Gasteiger partial charge < -0.3 is 9.88 Å². The SMILES string of the molecule is Cc1cc(C)nc(C2CCN(C(=O)c3[nH]c4ccc(F)cc4c3C)C2)n1. The molecular weight excluding hydrogens is 331 g/mol. The summed E-state index contributed by atoms with van der Waals surface area (Å²) in [6.45, 7) is 7.05. The minimum absolute atomic E-state index is 0.0500. The van der Waals surface area contributed by atoms with Crippen molar-refractivity contribution in [1.29, 1.82) is 0 Å². The zero-order valence-corrected chi connectivity index (χ0v) is 15.1. The first-order chi connectivity index (χ1) is 12.4. The van der Waals surface area contributed by atoms with Crippen LogP contribution in [-0.4, -0.2) is 38.8 Å². The molecule has 1 aliphatic heterocycles. The van der Waals surface area contributed by atoms with E-state index < -0.39 is 0 Å². The Kier molecular flexibility index (Phi) is 3.98. The van der Waals surface area contributed by atoms with Crippen molar-refractivity contribution in [3.8, 4) is 0 Å². The number of benzene rings is 1. The molecule has 1 aliphatic rings. The maximum atomic E-state index is 13.5. The molecule has 0 aliphatic carbocycles. The summed E-state index contributed by atoms with van der Waals surface area (Å²) in [4.78, 5) is 27.1. The monoisotopic (exact) mass is 352 g/mol. The molecule has 26 heavy (non-hydrogen) atoms. The molecule has 0 saturated carbocycles. The number of amides is 1. The van der Waals surface area contributed by atoms with Crippen molar-refractivity contribution >= 4 is 16.8 Å². The van der Waals surface area contributed by atoms with E-state index in [0.29, 0.717) is 18.8 Å². The molecule has 6 heteroatoms. The molecule has 1 unspecified atom stereocenters. The molecule has 1 amide bonds. The number of carbonyl (C=O) groups excluding carboxylic acids is 1. The van der Waals surface area contributed by atoms with Crippen molar-refractivity contribution in [2.45, 2.75) is 33.1 Å². The molecule has 1 aromatic carbocycles. The largest absolute Gasteiger partial charge is 0.350 e. The minimum Gasteiger partial charge on any atom is -0.350 e. The molecule has 134 valence electrons. The van der Waals surface area contributed by atoms with Crippen LogP contribution in [-0.2, 0) is 0 Å². The van der Waals surface area contributed by atoms with Crippen LogP contribution in [0.15, 0.2) is 24.3 Å². The Morgan fingerprint density at radius 3 is 2.65 bits per heavy atom. The van der Waals surface area contributed by atoms with Crippen LogP contribution in [0, 0.1) is 26.6 Å². The number of aryl methyl sites for hydroxylation is 3. The summed E-state index contributed by atoms with van der Waals surface area (Å²) in [7, 11) is 0. The van der Waals surface area contributed by atoms with Crippen molar-refractivity contribution in [2.24, 2.45) is 0 Å². The van der Waals surface area contributed by atoms with Gasteiger partial charge in [-0.3, -0.25) is 4.79 Å².